The summed E-state index contributed by atoms with van der Waals surface area (Å²) in [5.41, 5.74) is 1.40. The Balaban J connectivity index is 1.51. The van der Waals surface area contributed by atoms with Crippen LogP contribution in [0.25, 0.3) is 0 Å². The zero-order valence-corrected chi connectivity index (χ0v) is 15.5. The van der Waals surface area contributed by atoms with Crippen LogP contribution in [-0.2, 0) is 11.8 Å². The third kappa shape index (κ3) is 3.41. The average Bonchev–Trinajstić information content (AvgIpc) is 3.31. The lowest BCUT2D eigenvalue weighted by Gasteiger charge is -2.33. The quantitative estimate of drug-likeness (QED) is 0.823. The van der Waals surface area contributed by atoms with Crippen LogP contribution in [-0.4, -0.2) is 58.1 Å². The van der Waals surface area contributed by atoms with E-state index in [2.05, 4.69) is 9.88 Å². The number of morpholine rings is 1. The zero-order chi connectivity index (χ0) is 18.1. The molecule has 2 fully saturated rings. The van der Waals surface area contributed by atoms with E-state index in [0.29, 0.717) is 30.4 Å². The number of aryl methyl sites for hydroxylation is 1. The summed E-state index contributed by atoms with van der Waals surface area (Å²) in [6.07, 6.45) is 5.62. The van der Waals surface area contributed by atoms with Crippen molar-refractivity contribution in [3.8, 4) is 0 Å². The van der Waals surface area contributed by atoms with Gasteiger partial charge in [-0.25, -0.2) is 9.97 Å². The van der Waals surface area contributed by atoms with Crippen LogP contribution in [0, 0.1) is 0 Å². The molecule has 0 unspecified atom stereocenters. The predicted molar refractivity (Wildman–Crippen MR) is 98.5 cm³/mol. The number of nitrogens with zero attached hydrogens (tertiary/aromatic N) is 5. The van der Waals surface area contributed by atoms with E-state index < -0.39 is 0 Å². The van der Waals surface area contributed by atoms with Crippen molar-refractivity contribution in [2.45, 2.75) is 18.9 Å². The number of hydrogen-bond donors (Lipinski definition) is 0. The Hall–Kier alpha value is -2.12. The third-order valence-corrected chi connectivity index (χ3v) is 5.13. The SMILES string of the molecule is Cn1cc(Cl)cc1C(=O)N1CCO[C@@H](c2ccnc(N3CCCC3)n2)C1. The fourth-order valence-electron chi connectivity index (χ4n) is 3.52. The molecule has 2 aliphatic heterocycles. The van der Waals surface area contributed by atoms with Gasteiger partial charge in [-0.1, -0.05) is 11.6 Å². The molecule has 7 nitrogen and oxygen atoms in total. The number of hydrogen-bond acceptors (Lipinski definition) is 5. The molecule has 2 saturated heterocycles. The minimum atomic E-state index is -0.243. The molecule has 1 atom stereocenters. The molecule has 2 aromatic rings. The summed E-state index contributed by atoms with van der Waals surface area (Å²) in [5, 5.41) is 0.562. The van der Waals surface area contributed by atoms with Gasteiger partial charge in [-0.3, -0.25) is 4.79 Å². The van der Waals surface area contributed by atoms with Gasteiger partial charge in [-0.15, -0.1) is 0 Å². The van der Waals surface area contributed by atoms with Crippen molar-refractivity contribution in [3.05, 3.63) is 40.9 Å². The number of carbonyl (C=O) groups excluding carboxylic acids is 1. The Bertz CT molecular complexity index is 803. The number of anilines is 1. The normalized spacial score (nSPS) is 20.6. The molecule has 0 N–H and O–H groups in total. The van der Waals surface area contributed by atoms with Crippen LogP contribution in [0.1, 0.15) is 35.1 Å². The van der Waals surface area contributed by atoms with Gasteiger partial charge in [0, 0.05) is 39.1 Å². The van der Waals surface area contributed by atoms with Crippen molar-refractivity contribution < 1.29 is 9.53 Å². The van der Waals surface area contributed by atoms with Crippen LogP contribution < -0.4 is 4.90 Å². The second-order valence-corrected chi connectivity index (χ2v) is 7.18. The lowest BCUT2D eigenvalue weighted by atomic mass is 10.2. The molecule has 2 aromatic heterocycles. The molecule has 4 heterocycles. The number of carbonyl (C=O) groups is 1. The fraction of sp³-hybridized carbons (Fsp3) is 0.500. The topological polar surface area (TPSA) is 63.5 Å². The number of ether oxygens (including phenoxy) is 1. The summed E-state index contributed by atoms with van der Waals surface area (Å²) in [4.78, 5) is 25.9. The van der Waals surface area contributed by atoms with E-state index in [0.717, 1.165) is 24.7 Å². The summed E-state index contributed by atoms with van der Waals surface area (Å²) in [6.45, 7) is 3.50. The van der Waals surface area contributed by atoms with Gasteiger partial charge in [0.05, 0.1) is 23.9 Å². The predicted octanol–water partition coefficient (Wildman–Crippen LogP) is 2.28. The Kier molecular flexibility index (Phi) is 4.82. The van der Waals surface area contributed by atoms with Crippen molar-refractivity contribution in [2.24, 2.45) is 7.05 Å². The molecular weight excluding hydrogens is 354 g/mol. The highest BCUT2D eigenvalue weighted by Gasteiger charge is 2.29. The smallest absolute Gasteiger partial charge is 0.270 e. The molecule has 26 heavy (non-hydrogen) atoms. The standard InChI is InChI=1S/C18H22ClN5O2/c1-22-11-13(19)10-15(22)17(25)24-8-9-26-16(12-24)14-4-5-20-18(21-14)23-6-2-3-7-23/h4-5,10-11,16H,2-3,6-9,12H2,1H3/t16-/m1/s1. The molecule has 0 bridgehead atoms. The Morgan fingerprint density at radius 2 is 2.12 bits per heavy atom. The maximum Gasteiger partial charge on any atom is 0.270 e. The number of rotatable bonds is 3. The van der Waals surface area contributed by atoms with Gasteiger partial charge in [-0.05, 0) is 25.0 Å². The second-order valence-electron chi connectivity index (χ2n) is 6.74. The first kappa shape index (κ1) is 17.3. The highest BCUT2D eigenvalue weighted by atomic mass is 35.5. The van der Waals surface area contributed by atoms with Crippen LogP contribution in [0.15, 0.2) is 24.5 Å². The largest absolute Gasteiger partial charge is 0.368 e. The lowest BCUT2D eigenvalue weighted by molar-refractivity contribution is -0.0250. The van der Waals surface area contributed by atoms with Crippen LogP contribution in [0.4, 0.5) is 5.95 Å². The fourth-order valence-corrected chi connectivity index (χ4v) is 3.77. The van der Waals surface area contributed by atoms with E-state index in [9.17, 15) is 4.79 Å². The van der Waals surface area contributed by atoms with Crippen molar-refractivity contribution in [1.29, 1.82) is 0 Å². The first-order valence-corrected chi connectivity index (χ1v) is 9.30. The summed E-state index contributed by atoms with van der Waals surface area (Å²) >= 11 is 6.01. The molecule has 8 heteroatoms. The first-order valence-electron chi connectivity index (χ1n) is 8.92. The van der Waals surface area contributed by atoms with E-state index in [1.807, 2.05) is 13.1 Å². The van der Waals surface area contributed by atoms with E-state index >= 15 is 0 Å². The molecule has 2 aliphatic rings. The van der Waals surface area contributed by atoms with Crippen molar-refractivity contribution in [1.82, 2.24) is 19.4 Å². The van der Waals surface area contributed by atoms with E-state index in [1.165, 1.54) is 12.8 Å². The third-order valence-electron chi connectivity index (χ3n) is 4.93. The van der Waals surface area contributed by atoms with E-state index in [1.54, 1.807) is 27.9 Å². The van der Waals surface area contributed by atoms with Crippen molar-refractivity contribution in [2.75, 3.05) is 37.7 Å². The molecule has 138 valence electrons. The average molecular weight is 376 g/mol. The molecule has 1 amide bonds. The van der Waals surface area contributed by atoms with Gasteiger partial charge < -0.3 is 19.1 Å². The highest BCUT2D eigenvalue weighted by Crippen LogP contribution is 2.25. The summed E-state index contributed by atoms with van der Waals surface area (Å²) < 4.78 is 7.65. The van der Waals surface area contributed by atoms with Crippen LogP contribution in [0.3, 0.4) is 0 Å². The van der Waals surface area contributed by atoms with Gasteiger partial charge in [0.1, 0.15) is 11.8 Å². The monoisotopic (exact) mass is 375 g/mol. The Morgan fingerprint density at radius 3 is 2.85 bits per heavy atom. The molecule has 0 spiro atoms. The van der Waals surface area contributed by atoms with E-state index in [4.69, 9.17) is 21.3 Å². The molecule has 0 radical (unpaired) electrons. The lowest BCUT2D eigenvalue weighted by Crippen LogP contribution is -2.43. The maximum atomic E-state index is 12.8. The van der Waals surface area contributed by atoms with Gasteiger partial charge >= 0.3 is 0 Å². The molecular formula is C18H22ClN5O2. The Morgan fingerprint density at radius 1 is 1.31 bits per heavy atom. The minimum Gasteiger partial charge on any atom is -0.368 e. The van der Waals surface area contributed by atoms with Gasteiger partial charge in [0.25, 0.3) is 5.91 Å². The first-order chi connectivity index (χ1) is 12.6. The molecule has 0 saturated carbocycles. The minimum absolute atomic E-state index is 0.0403. The van der Waals surface area contributed by atoms with E-state index in [-0.39, 0.29) is 12.0 Å². The van der Waals surface area contributed by atoms with Crippen LogP contribution in [0.2, 0.25) is 5.02 Å². The molecule has 0 aromatic carbocycles. The number of halogens is 1. The number of amides is 1. The second kappa shape index (κ2) is 7.25. The summed E-state index contributed by atoms with van der Waals surface area (Å²) in [5.74, 6) is 0.711. The summed E-state index contributed by atoms with van der Waals surface area (Å²) in [6, 6.07) is 3.57. The maximum absolute atomic E-state index is 12.8. The summed E-state index contributed by atoms with van der Waals surface area (Å²) in [7, 11) is 1.82. The molecule has 0 aliphatic carbocycles. The van der Waals surface area contributed by atoms with Gasteiger partial charge in [0.2, 0.25) is 5.95 Å². The molecule has 4 rings (SSSR count). The Labute approximate surface area is 157 Å². The van der Waals surface area contributed by atoms with Gasteiger partial charge in [-0.2, -0.15) is 0 Å². The number of aromatic nitrogens is 3. The zero-order valence-electron chi connectivity index (χ0n) is 14.8. The van der Waals surface area contributed by atoms with Crippen molar-refractivity contribution >= 4 is 23.5 Å². The van der Waals surface area contributed by atoms with Gasteiger partial charge in [0.15, 0.2) is 0 Å². The van der Waals surface area contributed by atoms with Crippen LogP contribution in [0.5, 0.6) is 0 Å². The highest BCUT2D eigenvalue weighted by molar-refractivity contribution is 6.31. The van der Waals surface area contributed by atoms with Crippen molar-refractivity contribution in [3.63, 3.8) is 0 Å². The van der Waals surface area contributed by atoms with Crippen LogP contribution >= 0.6 is 11.6 Å².